The summed E-state index contributed by atoms with van der Waals surface area (Å²) in [5, 5.41) is 0. The van der Waals surface area contributed by atoms with Gasteiger partial charge in [0, 0.05) is 24.3 Å². The molecule has 0 radical (unpaired) electrons. The fourth-order valence-corrected chi connectivity index (χ4v) is 2.03. The van der Waals surface area contributed by atoms with Gasteiger partial charge in [0.1, 0.15) is 0 Å². The average Bonchev–Trinajstić information content (AvgIpc) is 2.45. The van der Waals surface area contributed by atoms with Gasteiger partial charge < -0.3 is 10.6 Å². The maximum atomic E-state index is 10.9. The lowest BCUT2D eigenvalue weighted by molar-refractivity contribution is -0.118. The van der Waals surface area contributed by atoms with Gasteiger partial charge in [-0.2, -0.15) is 0 Å². The molecule has 2 rings (SSSR count). The fourth-order valence-electron chi connectivity index (χ4n) is 2.03. The molecule has 3 nitrogen and oxygen atoms in total. The van der Waals surface area contributed by atoms with Crippen LogP contribution in [0.2, 0.25) is 0 Å². The van der Waals surface area contributed by atoms with Crippen LogP contribution >= 0.6 is 0 Å². The summed E-state index contributed by atoms with van der Waals surface area (Å²) in [6.07, 6.45) is 1.16. The van der Waals surface area contributed by atoms with E-state index >= 15 is 0 Å². The Hall–Kier alpha value is -2.29. The van der Waals surface area contributed by atoms with Crippen LogP contribution in [0.1, 0.15) is 12.8 Å². The molecule has 0 aliphatic heterocycles. The molecule has 0 aromatic heterocycles. The summed E-state index contributed by atoms with van der Waals surface area (Å²) in [4.78, 5) is 13.1. The smallest absolute Gasteiger partial charge is 0.217 e. The van der Waals surface area contributed by atoms with Gasteiger partial charge in [-0.15, -0.1) is 0 Å². The third-order valence-electron chi connectivity index (χ3n) is 2.94. The zero-order chi connectivity index (χ0) is 13.5. The van der Waals surface area contributed by atoms with Crippen molar-refractivity contribution in [2.24, 2.45) is 5.73 Å². The van der Waals surface area contributed by atoms with Gasteiger partial charge in [0.15, 0.2) is 0 Å². The zero-order valence-corrected chi connectivity index (χ0v) is 10.8. The molecule has 0 atom stereocenters. The number of hydrogen-bond acceptors (Lipinski definition) is 2. The van der Waals surface area contributed by atoms with E-state index in [-0.39, 0.29) is 5.91 Å². The molecular weight excluding hydrogens is 236 g/mol. The number of primary amides is 1. The number of nitrogens with zero attached hydrogens (tertiary/aromatic N) is 1. The molecule has 19 heavy (non-hydrogen) atoms. The molecule has 0 aliphatic carbocycles. The maximum absolute atomic E-state index is 10.9. The van der Waals surface area contributed by atoms with Crippen LogP contribution in [0.3, 0.4) is 0 Å². The van der Waals surface area contributed by atoms with Crippen LogP contribution in [0.5, 0.6) is 0 Å². The van der Waals surface area contributed by atoms with Gasteiger partial charge >= 0.3 is 0 Å². The summed E-state index contributed by atoms with van der Waals surface area (Å²) in [7, 11) is 0. The van der Waals surface area contributed by atoms with Crippen molar-refractivity contribution in [3.05, 3.63) is 60.7 Å². The van der Waals surface area contributed by atoms with Crippen molar-refractivity contribution in [2.45, 2.75) is 12.8 Å². The van der Waals surface area contributed by atoms with Crippen LogP contribution in [-0.2, 0) is 4.79 Å². The molecule has 0 saturated heterocycles. The second-order valence-corrected chi connectivity index (χ2v) is 4.39. The standard InChI is InChI=1S/C16H18N2O/c17-16(19)12-7-13-18(14-8-3-1-4-9-14)15-10-5-2-6-11-15/h1-6,8-11H,7,12-13H2,(H2,17,19). The first-order valence-corrected chi connectivity index (χ1v) is 6.43. The summed E-state index contributed by atoms with van der Waals surface area (Å²) < 4.78 is 0. The van der Waals surface area contributed by atoms with Gasteiger partial charge in [0.25, 0.3) is 0 Å². The lowest BCUT2D eigenvalue weighted by Gasteiger charge is -2.24. The van der Waals surface area contributed by atoms with Crippen LogP contribution in [0.25, 0.3) is 0 Å². The highest BCUT2D eigenvalue weighted by atomic mass is 16.1. The Morgan fingerprint density at radius 3 is 1.79 bits per heavy atom. The Kier molecular flexibility index (Phi) is 4.56. The Labute approximate surface area is 113 Å². The molecule has 0 spiro atoms. The summed E-state index contributed by atoms with van der Waals surface area (Å²) >= 11 is 0. The highest BCUT2D eigenvalue weighted by Gasteiger charge is 2.08. The van der Waals surface area contributed by atoms with Crippen LogP contribution in [0.4, 0.5) is 11.4 Å². The van der Waals surface area contributed by atoms with Crippen molar-refractivity contribution in [3.63, 3.8) is 0 Å². The number of carbonyl (C=O) groups is 1. The summed E-state index contributed by atoms with van der Waals surface area (Å²) in [5.41, 5.74) is 7.45. The molecule has 1 amide bonds. The van der Waals surface area contributed by atoms with E-state index in [4.69, 9.17) is 5.73 Å². The monoisotopic (exact) mass is 254 g/mol. The number of para-hydroxylation sites is 2. The molecule has 0 aliphatic rings. The fraction of sp³-hybridized carbons (Fsp3) is 0.188. The van der Waals surface area contributed by atoms with Crippen molar-refractivity contribution >= 4 is 17.3 Å². The van der Waals surface area contributed by atoms with Crippen molar-refractivity contribution in [1.29, 1.82) is 0 Å². The SMILES string of the molecule is NC(=O)CCCN(c1ccccc1)c1ccccc1. The van der Waals surface area contributed by atoms with Gasteiger partial charge in [-0.1, -0.05) is 36.4 Å². The van der Waals surface area contributed by atoms with E-state index in [9.17, 15) is 4.79 Å². The summed E-state index contributed by atoms with van der Waals surface area (Å²) in [6.45, 7) is 0.775. The Balaban J connectivity index is 2.17. The molecule has 0 unspecified atom stereocenters. The van der Waals surface area contributed by atoms with E-state index in [0.717, 1.165) is 24.3 Å². The van der Waals surface area contributed by atoms with Gasteiger partial charge in [-0.05, 0) is 30.7 Å². The molecule has 0 saturated carbocycles. The first-order chi connectivity index (χ1) is 9.27. The minimum Gasteiger partial charge on any atom is -0.370 e. The molecule has 0 fully saturated rings. The quantitative estimate of drug-likeness (QED) is 0.861. The highest BCUT2D eigenvalue weighted by Crippen LogP contribution is 2.25. The second kappa shape index (κ2) is 6.59. The first kappa shape index (κ1) is 13.1. The molecule has 98 valence electrons. The van der Waals surface area contributed by atoms with Crippen LogP contribution in [-0.4, -0.2) is 12.5 Å². The highest BCUT2D eigenvalue weighted by molar-refractivity contribution is 5.73. The summed E-state index contributed by atoms with van der Waals surface area (Å²) in [5.74, 6) is -0.249. The van der Waals surface area contributed by atoms with Gasteiger partial charge in [-0.3, -0.25) is 4.79 Å². The van der Waals surface area contributed by atoms with E-state index in [1.165, 1.54) is 0 Å². The van der Waals surface area contributed by atoms with E-state index in [1.807, 2.05) is 36.4 Å². The minimum absolute atomic E-state index is 0.249. The van der Waals surface area contributed by atoms with Crippen LogP contribution < -0.4 is 10.6 Å². The van der Waals surface area contributed by atoms with Crippen molar-refractivity contribution < 1.29 is 4.79 Å². The number of rotatable bonds is 6. The number of benzene rings is 2. The maximum Gasteiger partial charge on any atom is 0.217 e. The topological polar surface area (TPSA) is 46.3 Å². The van der Waals surface area contributed by atoms with Gasteiger partial charge in [0.2, 0.25) is 5.91 Å². The Morgan fingerprint density at radius 2 is 1.37 bits per heavy atom. The number of anilines is 2. The number of nitrogens with two attached hydrogens (primary N) is 1. The predicted molar refractivity (Wildman–Crippen MR) is 78.3 cm³/mol. The number of amides is 1. The molecule has 0 heterocycles. The van der Waals surface area contributed by atoms with E-state index < -0.39 is 0 Å². The van der Waals surface area contributed by atoms with E-state index in [2.05, 4.69) is 29.2 Å². The van der Waals surface area contributed by atoms with Crippen molar-refractivity contribution in [2.75, 3.05) is 11.4 Å². The number of carbonyl (C=O) groups excluding carboxylic acids is 1. The van der Waals surface area contributed by atoms with Crippen LogP contribution in [0.15, 0.2) is 60.7 Å². The predicted octanol–water partition coefficient (Wildman–Crippen LogP) is 3.09. The third kappa shape index (κ3) is 3.85. The molecule has 2 N–H and O–H groups in total. The second-order valence-electron chi connectivity index (χ2n) is 4.39. The first-order valence-electron chi connectivity index (χ1n) is 6.43. The lowest BCUT2D eigenvalue weighted by Crippen LogP contribution is -2.20. The summed E-state index contributed by atoms with van der Waals surface area (Å²) in [6, 6.07) is 20.3. The molecule has 0 bridgehead atoms. The Bertz CT molecular complexity index is 471. The van der Waals surface area contributed by atoms with Crippen LogP contribution in [0, 0.1) is 0 Å². The lowest BCUT2D eigenvalue weighted by atomic mass is 10.2. The number of hydrogen-bond donors (Lipinski definition) is 1. The minimum atomic E-state index is -0.249. The molecular formula is C16H18N2O. The Morgan fingerprint density at radius 1 is 0.895 bits per heavy atom. The molecule has 2 aromatic carbocycles. The van der Waals surface area contributed by atoms with E-state index in [0.29, 0.717) is 6.42 Å². The normalized spacial score (nSPS) is 10.1. The van der Waals surface area contributed by atoms with Crippen molar-refractivity contribution in [3.8, 4) is 0 Å². The van der Waals surface area contributed by atoms with E-state index in [1.54, 1.807) is 0 Å². The third-order valence-corrected chi connectivity index (χ3v) is 2.94. The largest absolute Gasteiger partial charge is 0.370 e. The van der Waals surface area contributed by atoms with Gasteiger partial charge in [0.05, 0.1) is 0 Å². The molecule has 2 aromatic rings. The van der Waals surface area contributed by atoms with Crippen molar-refractivity contribution in [1.82, 2.24) is 0 Å². The van der Waals surface area contributed by atoms with Gasteiger partial charge in [-0.25, -0.2) is 0 Å². The zero-order valence-electron chi connectivity index (χ0n) is 10.8. The average molecular weight is 254 g/mol. The molecule has 3 heteroatoms.